The molecule has 2 atom stereocenters. The Morgan fingerprint density at radius 1 is 1.10 bits per heavy atom. The second kappa shape index (κ2) is 9.94. The average Bonchev–Trinajstić information content (AvgIpc) is 2.74. The number of hydrogen-bond donors (Lipinski definition) is 0. The highest BCUT2D eigenvalue weighted by molar-refractivity contribution is 5.66. The average molecular weight is 406 g/mol. The summed E-state index contributed by atoms with van der Waals surface area (Å²) in [5.74, 6) is -2.81. The van der Waals surface area contributed by atoms with E-state index in [4.69, 9.17) is 14.2 Å². The Hall–Kier alpha value is -2.31. The monoisotopic (exact) mass is 406 g/mol. The number of halogens is 3. The van der Waals surface area contributed by atoms with Crippen molar-refractivity contribution in [2.45, 2.75) is 25.9 Å². The van der Waals surface area contributed by atoms with Crippen LogP contribution in [0.15, 0.2) is 43.0 Å². The Bertz CT molecular complexity index is 846. The third-order valence-electron chi connectivity index (χ3n) is 4.99. The van der Waals surface area contributed by atoms with E-state index in [2.05, 4.69) is 6.58 Å². The maximum atomic E-state index is 14.7. The molecule has 0 aliphatic carbocycles. The molecule has 0 N–H and O–H groups in total. The third-order valence-corrected chi connectivity index (χ3v) is 4.99. The van der Waals surface area contributed by atoms with Gasteiger partial charge in [0.2, 0.25) is 5.82 Å². The first-order valence-electron chi connectivity index (χ1n) is 9.76. The van der Waals surface area contributed by atoms with Crippen molar-refractivity contribution in [3.05, 3.63) is 66.0 Å². The van der Waals surface area contributed by atoms with Gasteiger partial charge < -0.3 is 14.2 Å². The van der Waals surface area contributed by atoms with E-state index >= 15 is 0 Å². The molecule has 0 bridgehead atoms. The van der Waals surface area contributed by atoms with Gasteiger partial charge in [-0.05, 0) is 43.5 Å². The molecule has 1 aliphatic heterocycles. The largest absolute Gasteiger partial charge is 0.486 e. The quantitative estimate of drug-likeness (QED) is 0.516. The smallest absolute Gasteiger partial charge is 0.201 e. The first-order valence-corrected chi connectivity index (χ1v) is 9.76. The summed E-state index contributed by atoms with van der Waals surface area (Å²) in [5.41, 5.74) is 0.525. The Balaban J connectivity index is 1.75. The molecule has 156 valence electrons. The summed E-state index contributed by atoms with van der Waals surface area (Å²) in [6.45, 7) is 7.35. The Morgan fingerprint density at radius 2 is 1.90 bits per heavy atom. The van der Waals surface area contributed by atoms with E-state index in [1.165, 1.54) is 30.3 Å². The lowest BCUT2D eigenvalue weighted by atomic mass is 9.93. The molecule has 2 unspecified atom stereocenters. The van der Waals surface area contributed by atoms with Crippen molar-refractivity contribution < 1.29 is 27.4 Å². The van der Waals surface area contributed by atoms with Gasteiger partial charge in [-0.15, -0.1) is 0 Å². The van der Waals surface area contributed by atoms with Crippen molar-refractivity contribution in [3.63, 3.8) is 0 Å². The molecule has 6 heteroatoms. The van der Waals surface area contributed by atoms with Crippen molar-refractivity contribution in [2.75, 3.05) is 26.4 Å². The van der Waals surface area contributed by atoms with E-state index in [1.54, 1.807) is 6.07 Å². The first-order chi connectivity index (χ1) is 14.0. The van der Waals surface area contributed by atoms with Crippen LogP contribution in [0.3, 0.4) is 0 Å². The summed E-state index contributed by atoms with van der Waals surface area (Å²) in [5, 5.41) is 0. The zero-order chi connectivity index (χ0) is 20.8. The van der Waals surface area contributed by atoms with Gasteiger partial charge in [0.05, 0.1) is 19.3 Å². The molecule has 1 fully saturated rings. The molecular formula is C23H25F3O3. The summed E-state index contributed by atoms with van der Waals surface area (Å²) >= 11 is 0. The van der Waals surface area contributed by atoms with Gasteiger partial charge in [-0.25, -0.2) is 8.78 Å². The van der Waals surface area contributed by atoms with Crippen LogP contribution in [0.4, 0.5) is 13.2 Å². The second-order valence-electron chi connectivity index (χ2n) is 7.00. The van der Waals surface area contributed by atoms with Gasteiger partial charge in [0, 0.05) is 23.7 Å². The van der Waals surface area contributed by atoms with E-state index < -0.39 is 17.5 Å². The topological polar surface area (TPSA) is 27.7 Å². The van der Waals surface area contributed by atoms with Crippen LogP contribution in [0, 0.1) is 23.4 Å². The zero-order valence-electron chi connectivity index (χ0n) is 16.4. The Morgan fingerprint density at radius 3 is 2.55 bits per heavy atom. The maximum Gasteiger partial charge on any atom is 0.201 e. The predicted molar refractivity (Wildman–Crippen MR) is 105 cm³/mol. The van der Waals surface area contributed by atoms with Crippen LogP contribution in [0.25, 0.3) is 11.1 Å². The minimum atomic E-state index is -1.15. The molecule has 2 aromatic rings. The Labute approximate surface area is 169 Å². The fourth-order valence-corrected chi connectivity index (χ4v) is 3.43. The van der Waals surface area contributed by atoms with E-state index in [1.807, 2.05) is 6.92 Å². The minimum Gasteiger partial charge on any atom is -0.486 e. The maximum absolute atomic E-state index is 14.7. The third kappa shape index (κ3) is 5.00. The van der Waals surface area contributed by atoms with Crippen molar-refractivity contribution in [1.82, 2.24) is 0 Å². The highest BCUT2D eigenvalue weighted by Crippen LogP contribution is 2.35. The summed E-state index contributed by atoms with van der Waals surface area (Å²) in [6.07, 6.45) is 2.90. The lowest BCUT2D eigenvalue weighted by Gasteiger charge is -2.29. The normalized spacial score (nSPS) is 19.2. The van der Waals surface area contributed by atoms with E-state index in [9.17, 15) is 13.2 Å². The summed E-state index contributed by atoms with van der Waals surface area (Å²) in [6, 6.07) is 7.09. The number of hydrogen-bond acceptors (Lipinski definition) is 3. The molecule has 3 rings (SSSR count). The van der Waals surface area contributed by atoms with Crippen molar-refractivity contribution in [2.24, 2.45) is 5.92 Å². The van der Waals surface area contributed by atoms with Gasteiger partial charge in [0.15, 0.2) is 11.6 Å². The molecule has 29 heavy (non-hydrogen) atoms. The molecule has 0 saturated carbocycles. The summed E-state index contributed by atoms with van der Waals surface area (Å²) in [7, 11) is 0. The van der Waals surface area contributed by atoms with Gasteiger partial charge in [0.25, 0.3) is 0 Å². The summed E-state index contributed by atoms with van der Waals surface area (Å²) < 4.78 is 59.8. The lowest BCUT2D eigenvalue weighted by molar-refractivity contribution is -0.0421. The standard InChI is InChI=1S/C23H25F3O3/c1-3-11-28-21-10-8-18(22(25)23(21)26)17-7-6-16(12-19(17)24)20-9-5-15(14-29-20)13-27-4-2/h3,6-8,10,12,15,20H,1,4-5,9,11,13-14H2,2H3. The van der Waals surface area contributed by atoms with Gasteiger partial charge in [0.1, 0.15) is 12.4 Å². The van der Waals surface area contributed by atoms with Crippen LogP contribution in [0.5, 0.6) is 5.75 Å². The molecule has 0 radical (unpaired) electrons. The fraction of sp³-hybridized carbons (Fsp3) is 0.391. The number of ether oxygens (including phenoxy) is 3. The molecule has 0 amide bonds. The second-order valence-corrected chi connectivity index (χ2v) is 7.00. The molecule has 1 heterocycles. The van der Waals surface area contributed by atoms with Gasteiger partial charge in [-0.3, -0.25) is 0 Å². The molecule has 2 aromatic carbocycles. The molecule has 0 spiro atoms. The number of rotatable bonds is 8. The zero-order valence-corrected chi connectivity index (χ0v) is 16.4. The van der Waals surface area contributed by atoms with Crippen LogP contribution < -0.4 is 4.74 Å². The van der Waals surface area contributed by atoms with Gasteiger partial charge in [-0.1, -0.05) is 24.8 Å². The van der Waals surface area contributed by atoms with Crippen molar-refractivity contribution in [3.8, 4) is 16.9 Å². The van der Waals surface area contributed by atoms with Gasteiger partial charge >= 0.3 is 0 Å². The molecule has 0 aromatic heterocycles. The van der Waals surface area contributed by atoms with Crippen LogP contribution in [-0.2, 0) is 9.47 Å². The molecule has 1 saturated heterocycles. The van der Waals surface area contributed by atoms with Crippen LogP contribution in [0.2, 0.25) is 0 Å². The highest BCUT2D eigenvalue weighted by Gasteiger charge is 2.24. The fourth-order valence-electron chi connectivity index (χ4n) is 3.43. The molecule has 1 aliphatic rings. The van der Waals surface area contributed by atoms with E-state index in [-0.39, 0.29) is 29.6 Å². The Kier molecular flexibility index (Phi) is 7.34. The summed E-state index contributed by atoms with van der Waals surface area (Å²) in [4.78, 5) is 0. The number of benzene rings is 2. The van der Waals surface area contributed by atoms with Gasteiger partial charge in [-0.2, -0.15) is 4.39 Å². The van der Waals surface area contributed by atoms with E-state index in [0.29, 0.717) is 31.3 Å². The lowest BCUT2D eigenvalue weighted by Crippen LogP contribution is -2.24. The van der Waals surface area contributed by atoms with Crippen molar-refractivity contribution >= 4 is 0 Å². The van der Waals surface area contributed by atoms with Crippen LogP contribution in [-0.4, -0.2) is 26.4 Å². The van der Waals surface area contributed by atoms with Crippen molar-refractivity contribution in [1.29, 1.82) is 0 Å². The SMILES string of the molecule is C=CCOc1ccc(-c2ccc(C3CCC(COCC)CO3)cc2F)c(F)c1F. The predicted octanol–water partition coefficient (Wildman–Crippen LogP) is 5.84. The minimum absolute atomic E-state index is 0.00884. The first kappa shape index (κ1) is 21.4. The van der Waals surface area contributed by atoms with Crippen LogP contribution in [0.1, 0.15) is 31.4 Å². The highest BCUT2D eigenvalue weighted by atomic mass is 19.2. The van der Waals surface area contributed by atoms with Crippen LogP contribution >= 0.6 is 0 Å². The molecular weight excluding hydrogens is 381 g/mol. The molecule has 3 nitrogen and oxygen atoms in total. The van der Waals surface area contributed by atoms with E-state index in [0.717, 1.165) is 12.8 Å².